The van der Waals surface area contributed by atoms with Crippen molar-refractivity contribution in [2.24, 2.45) is 5.41 Å². The molecular weight excluding hydrogens is 496 g/mol. The highest BCUT2D eigenvalue weighted by Gasteiger charge is 2.46. The number of methoxy groups -OCH3 is 1. The number of carbonyl (C=O) groups excluding carboxylic acids is 1. The Morgan fingerprint density at radius 3 is 2.37 bits per heavy atom. The van der Waals surface area contributed by atoms with Crippen LogP contribution < -0.4 is 9.64 Å². The Morgan fingerprint density at radius 2 is 1.74 bits per heavy atom. The number of hydrogen-bond acceptors (Lipinski definition) is 4. The van der Waals surface area contributed by atoms with Gasteiger partial charge in [-0.15, -0.1) is 0 Å². The number of nitrogens with one attached hydrogen (secondary N) is 1. The minimum atomic E-state index is -0.608. The van der Waals surface area contributed by atoms with Crippen molar-refractivity contribution >= 4 is 34.7 Å². The van der Waals surface area contributed by atoms with Crippen molar-refractivity contribution in [2.45, 2.75) is 39.5 Å². The zero-order valence-electron chi connectivity index (χ0n) is 22.0. The van der Waals surface area contributed by atoms with Crippen LogP contribution in [0.3, 0.4) is 0 Å². The lowest BCUT2D eigenvalue weighted by Gasteiger charge is -2.45. The van der Waals surface area contributed by atoms with E-state index in [0.29, 0.717) is 46.0 Å². The van der Waals surface area contributed by atoms with E-state index in [1.54, 1.807) is 24.1 Å². The Balaban J connectivity index is 1.84. The van der Waals surface area contributed by atoms with E-state index in [1.165, 1.54) is 0 Å². The van der Waals surface area contributed by atoms with E-state index in [0.717, 1.165) is 16.8 Å². The van der Waals surface area contributed by atoms with Gasteiger partial charge < -0.3 is 9.84 Å². The van der Waals surface area contributed by atoms with Crippen LogP contribution in [-0.4, -0.2) is 23.8 Å². The van der Waals surface area contributed by atoms with Gasteiger partial charge in [-0.05, 0) is 54.7 Å². The highest BCUT2D eigenvalue weighted by atomic mass is 35.5. The van der Waals surface area contributed by atoms with Crippen molar-refractivity contribution in [2.75, 3.05) is 12.0 Å². The van der Waals surface area contributed by atoms with Crippen molar-refractivity contribution in [1.82, 2.24) is 0 Å². The summed E-state index contributed by atoms with van der Waals surface area (Å²) in [5.41, 5.74) is 4.64. The molecule has 194 valence electrons. The number of ether oxygens (including phenoxy) is 1. The van der Waals surface area contributed by atoms with Crippen molar-refractivity contribution in [3.63, 3.8) is 0 Å². The molecule has 1 unspecified atom stereocenters. The Kier molecular flexibility index (Phi) is 6.66. The van der Waals surface area contributed by atoms with Crippen molar-refractivity contribution in [3.8, 4) is 5.75 Å². The van der Waals surface area contributed by atoms with Crippen LogP contribution in [0.2, 0.25) is 5.02 Å². The van der Waals surface area contributed by atoms with E-state index >= 15 is 0 Å². The number of aliphatic hydroxyl groups excluding tert-OH is 1. The Hall–Kier alpha value is -3.83. The third-order valence-electron chi connectivity index (χ3n) is 7.32. The van der Waals surface area contributed by atoms with Gasteiger partial charge >= 0.3 is 0 Å². The number of aryl methyl sites for hydroxylation is 1. The van der Waals surface area contributed by atoms with E-state index < -0.39 is 5.92 Å². The van der Waals surface area contributed by atoms with Crippen LogP contribution in [0.4, 0.5) is 5.69 Å². The minimum absolute atomic E-state index is 0.0193. The number of rotatable bonds is 4. The molecule has 0 spiro atoms. The number of benzene rings is 3. The summed E-state index contributed by atoms with van der Waals surface area (Å²) in [6, 6.07) is 22.3. The molecule has 5 rings (SSSR count). The fraction of sp³-hybridized carbons (Fsp3) is 0.250. The third kappa shape index (κ3) is 4.63. The van der Waals surface area contributed by atoms with Gasteiger partial charge in [0.2, 0.25) is 0 Å². The standard InChI is InChI=1S/C32H31ClN2O3/c1-19-8-10-21(11-9-19)30(37)29-27(20-12-14-24(38-4)15-13-20)28-25(17-32(2,3)18-26(28)36)35(31(29)34)23-7-5-6-22(33)16-23/h5-16,27,34,37H,17-18H2,1-4H3/b30-29+,34-31?. The van der Waals surface area contributed by atoms with Gasteiger partial charge in [-0.2, -0.15) is 0 Å². The quantitative estimate of drug-likeness (QED) is 0.339. The lowest BCUT2D eigenvalue weighted by molar-refractivity contribution is -0.118. The summed E-state index contributed by atoms with van der Waals surface area (Å²) >= 11 is 6.38. The zero-order chi connectivity index (χ0) is 27.2. The summed E-state index contributed by atoms with van der Waals surface area (Å²) in [5.74, 6) is 0.204. The lowest BCUT2D eigenvalue weighted by Crippen LogP contribution is -2.45. The highest BCUT2D eigenvalue weighted by Crippen LogP contribution is 2.51. The molecule has 0 aromatic heterocycles. The molecule has 3 aromatic rings. The number of allylic oxidation sites excluding steroid dienone is 2. The maximum absolute atomic E-state index is 13.9. The number of hydrogen-bond donors (Lipinski definition) is 2. The lowest BCUT2D eigenvalue weighted by atomic mass is 9.67. The van der Waals surface area contributed by atoms with Crippen LogP contribution in [-0.2, 0) is 4.79 Å². The summed E-state index contributed by atoms with van der Waals surface area (Å²) in [6.07, 6.45) is 0.988. The Bertz CT molecular complexity index is 1480. The van der Waals surface area contributed by atoms with Crippen molar-refractivity contribution < 1.29 is 14.6 Å². The average Bonchev–Trinajstić information content (AvgIpc) is 2.87. The first-order chi connectivity index (χ1) is 18.1. The molecule has 0 saturated carbocycles. The maximum Gasteiger partial charge on any atom is 0.162 e. The number of amidine groups is 1. The van der Waals surface area contributed by atoms with E-state index in [1.807, 2.05) is 67.6 Å². The molecular formula is C32H31ClN2O3. The third-order valence-corrected chi connectivity index (χ3v) is 7.55. The average molecular weight is 527 g/mol. The molecule has 0 saturated heterocycles. The van der Waals surface area contributed by atoms with Gasteiger partial charge in [-0.3, -0.25) is 15.1 Å². The molecule has 5 nitrogen and oxygen atoms in total. The van der Waals surface area contributed by atoms with Gasteiger partial charge in [0, 0.05) is 45.5 Å². The number of aliphatic hydroxyl groups is 1. The number of carbonyl (C=O) groups is 1. The molecule has 0 bridgehead atoms. The van der Waals surface area contributed by atoms with Gasteiger partial charge in [0.1, 0.15) is 17.3 Å². The van der Waals surface area contributed by atoms with Gasteiger partial charge in [0.25, 0.3) is 0 Å². The van der Waals surface area contributed by atoms with Crippen LogP contribution in [0.15, 0.2) is 89.6 Å². The summed E-state index contributed by atoms with van der Waals surface area (Å²) in [5, 5.41) is 21.8. The van der Waals surface area contributed by atoms with Crippen molar-refractivity contribution in [1.29, 1.82) is 5.41 Å². The number of Topliss-reactive ketones (excluding diaryl/α,β-unsaturated/α-hetero) is 1. The number of nitrogens with zero attached hydrogens (tertiary/aromatic N) is 1. The van der Waals surface area contributed by atoms with Gasteiger partial charge in [-0.25, -0.2) is 0 Å². The molecule has 1 aliphatic carbocycles. The predicted octanol–water partition coefficient (Wildman–Crippen LogP) is 7.85. The molecule has 1 heterocycles. The monoisotopic (exact) mass is 526 g/mol. The molecule has 1 aliphatic heterocycles. The van der Waals surface area contributed by atoms with E-state index in [-0.39, 0.29) is 22.8 Å². The first-order valence-corrected chi connectivity index (χ1v) is 13.0. The fourth-order valence-corrected chi connectivity index (χ4v) is 5.70. The van der Waals surface area contributed by atoms with Crippen LogP contribution in [0.1, 0.15) is 49.3 Å². The maximum atomic E-state index is 13.9. The van der Waals surface area contributed by atoms with Gasteiger partial charge in [0.05, 0.1) is 7.11 Å². The molecule has 2 N–H and O–H groups in total. The van der Waals surface area contributed by atoms with Gasteiger partial charge in [0.15, 0.2) is 5.78 Å². The first kappa shape index (κ1) is 25.8. The van der Waals surface area contributed by atoms with Crippen LogP contribution in [0.5, 0.6) is 5.75 Å². The molecule has 0 radical (unpaired) electrons. The second-order valence-electron chi connectivity index (χ2n) is 10.8. The number of halogens is 1. The first-order valence-electron chi connectivity index (χ1n) is 12.6. The summed E-state index contributed by atoms with van der Waals surface area (Å²) in [4.78, 5) is 15.7. The zero-order valence-corrected chi connectivity index (χ0v) is 22.8. The molecule has 0 amide bonds. The second kappa shape index (κ2) is 9.80. The minimum Gasteiger partial charge on any atom is -0.507 e. The molecule has 38 heavy (non-hydrogen) atoms. The SMILES string of the molecule is COc1ccc(C2C3=C(CC(C)(C)CC3=O)N(c3cccc(Cl)c3)C(=N)/C2=C(/O)c2ccc(C)cc2)cc1. The van der Waals surface area contributed by atoms with E-state index in [4.69, 9.17) is 16.3 Å². The molecule has 1 atom stereocenters. The number of anilines is 1. The number of ketones is 1. The van der Waals surface area contributed by atoms with Crippen LogP contribution in [0, 0.1) is 17.7 Å². The largest absolute Gasteiger partial charge is 0.507 e. The normalized spacial score (nSPS) is 20.3. The Morgan fingerprint density at radius 1 is 1.05 bits per heavy atom. The Labute approximate surface area is 228 Å². The second-order valence-corrected chi connectivity index (χ2v) is 11.2. The van der Waals surface area contributed by atoms with E-state index in [9.17, 15) is 15.3 Å². The summed E-state index contributed by atoms with van der Waals surface area (Å²) in [6.45, 7) is 6.13. The van der Waals surface area contributed by atoms with Crippen LogP contribution in [0.25, 0.3) is 5.76 Å². The molecule has 6 heteroatoms. The topological polar surface area (TPSA) is 73.6 Å². The molecule has 0 fully saturated rings. The highest BCUT2D eigenvalue weighted by molar-refractivity contribution is 6.31. The summed E-state index contributed by atoms with van der Waals surface area (Å²) in [7, 11) is 1.61. The van der Waals surface area contributed by atoms with Crippen molar-refractivity contribution in [3.05, 3.63) is 111 Å². The molecule has 2 aliphatic rings. The smallest absolute Gasteiger partial charge is 0.162 e. The molecule has 3 aromatic carbocycles. The van der Waals surface area contributed by atoms with Gasteiger partial charge in [-0.1, -0.05) is 73.5 Å². The van der Waals surface area contributed by atoms with E-state index in [2.05, 4.69) is 13.8 Å². The predicted molar refractivity (Wildman–Crippen MR) is 153 cm³/mol. The van der Waals surface area contributed by atoms with Crippen LogP contribution >= 0.6 is 11.6 Å². The fourth-order valence-electron chi connectivity index (χ4n) is 5.51. The summed E-state index contributed by atoms with van der Waals surface area (Å²) < 4.78 is 5.37.